The number of carboxylic acids is 1. The molecule has 0 aromatic heterocycles. The molecule has 0 heterocycles. The van der Waals surface area contributed by atoms with Crippen LogP contribution in [-0.4, -0.2) is 41.6 Å². The van der Waals surface area contributed by atoms with Gasteiger partial charge in [0.05, 0.1) is 0 Å². The van der Waals surface area contributed by atoms with E-state index < -0.39 is 18.0 Å². The number of carbonyl (C=O) groups excluding carboxylic acids is 1. The molecule has 0 fully saturated rings. The van der Waals surface area contributed by atoms with Crippen LogP contribution in [-0.2, 0) is 4.79 Å². The first kappa shape index (κ1) is 14.3. The van der Waals surface area contributed by atoms with Crippen molar-refractivity contribution in [2.45, 2.75) is 32.2 Å². The minimum atomic E-state index is -1.12. The fourth-order valence-corrected chi connectivity index (χ4v) is 1.07. The maximum atomic E-state index is 11.5. The van der Waals surface area contributed by atoms with Gasteiger partial charge in [0.1, 0.15) is 6.04 Å². The quantitative estimate of drug-likeness (QED) is 0.661. The standard InChI is InChI=1S/C11H18N2O3/c1-4-6-8-13(3)11(16)12-9(7-5-2)10(14)15/h2,9H,4,6-8H2,1,3H3,(H,12,16)(H,14,15). The first-order chi connectivity index (χ1) is 7.52. The number of nitrogens with one attached hydrogen (secondary N) is 1. The maximum Gasteiger partial charge on any atom is 0.327 e. The first-order valence-electron chi connectivity index (χ1n) is 5.20. The molecule has 0 aromatic rings. The number of unbranched alkanes of at least 4 members (excludes halogenated alkanes) is 1. The highest BCUT2D eigenvalue weighted by Gasteiger charge is 2.20. The molecule has 1 unspecified atom stereocenters. The van der Waals surface area contributed by atoms with Crippen LogP contribution >= 0.6 is 0 Å². The Bertz CT molecular complexity index is 283. The monoisotopic (exact) mass is 226 g/mol. The number of urea groups is 1. The molecule has 0 aromatic carbocycles. The minimum absolute atomic E-state index is 0.0112. The van der Waals surface area contributed by atoms with Crippen molar-refractivity contribution in [2.24, 2.45) is 0 Å². The van der Waals surface area contributed by atoms with Crippen LogP contribution in [0.4, 0.5) is 4.79 Å². The molecule has 1 atom stereocenters. The Labute approximate surface area is 95.8 Å². The van der Waals surface area contributed by atoms with E-state index in [0.29, 0.717) is 6.54 Å². The van der Waals surface area contributed by atoms with Gasteiger partial charge < -0.3 is 15.3 Å². The lowest BCUT2D eigenvalue weighted by atomic mass is 10.2. The molecule has 2 N–H and O–H groups in total. The molecule has 5 nitrogen and oxygen atoms in total. The van der Waals surface area contributed by atoms with Crippen molar-refractivity contribution in [1.29, 1.82) is 0 Å². The average molecular weight is 226 g/mol. The molecule has 0 radical (unpaired) electrons. The Morgan fingerprint density at radius 3 is 2.62 bits per heavy atom. The van der Waals surface area contributed by atoms with E-state index in [0.717, 1.165) is 12.8 Å². The second-order valence-electron chi connectivity index (χ2n) is 3.52. The van der Waals surface area contributed by atoms with Gasteiger partial charge >= 0.3 is 12.0 Å². The molecule has 2 amide bonds. The molecule has 90 valence electrons. The van der Waals surface area contributed by atoms with Crippen molar-refractivity contribution in [3.63, 3.8) is 0 Å². The maximum absolute atomic E-state index is 11.5. The molecule has 5 heteroatoms. The summed E-state index contributed by atoms with van der Waals surface area (Å²) in [5.74, 6) is 1.11. The number of carboxylic acid groups (broad SMARTS) is 1. The van der Waals surface area contributed by atoms with Gasteiger partial charge in [-0.3, -0.25) is 0 Å². The van der Waals surface area contributed by atoms with E-state index in [9.17, 15) is 9.59 Å². The van der Waals surface area contributed by atoms with E-state index in [1.807, 2.05) is 6.92 Å². The zero-order valence-corrected chi connectivity index (χ0v) is 9.69. The summed E-state index contributed by atoms with van der Waals surface area (Å²) >= 11 is 0. The second kappa shape index (κ2) is 7.57. The Hall–Kier alpha value is -1.70. The van der Waals surface area contributed by atoms with Gasteiger partial charge in [-0.25, -0.2) is 9.59 Å². The first-order valence-corrected chi connectivity index (χ1v) is 5.20. The van der Waals surface area contributed by atoms with Gasteiger partial charge in [0.15, 0.2) is 0 Å². The van der Waals surface area contributed by atoms with Crippen LogP contribution in [0.5, 0.6) is 0 Å². The van der Waals surface area contributed by atoms with Gasteiger partial charge in [-0.2, -0.15) is 0 Å². The summed E-state index contributed by atoms with van der Waals surface area (Å²) in [6.07, 6.45) is 6.87. The van der Waals surface area contributed by atoms with Gasteiger partial charge in [0, 0.05) is 20.0 Å². The van der Waals surface area contributed by atoms with E-state index in [1.54, 1.807) is 7.05 Å². The number of amides is 2. The molecule has 0 aliphatic rings. The molecule has 0 aliphatic carbocycles. The van der Waals surface area contributed by atoms with Gasteiger partial charge in [-0.1, -0.05) is 13.3 Å². The summed E-state index contributed by atoms with van der Waals surface area (Å²) in [4.78, 5) is 23.7. The van der Waals surface area contributed by atoms with Crippen molar-refractivity contribution in [1.82, 2.24) is 10.2 Å². The van der Waals surface area contributed by atoms with Crippen LogP contribution in [0.2, 0.25) is 0 Å². The zero-order valence-electron chi connectivity index (χ0n) is 9.69. The van der Waals surface area contributed by atoms with Crippen molar-refractivity contribution in [3.05, 3.63) is 0 Å². The van der Waals surface area contributed by atoms with Crippen LogP contribution < -0.4 is 5.32 Å². The number of aliphatic carboxylic acids is 1. The summed E-state index contributed by atoms with van der Waals surface area (Å²) in [6, 6.07) is -1.42. The van der Waals surface area contributed by atoms with Crippen molar-refractivity contribution < 1.29 is 14.7 Å². The highest BCUT2D eigenvalue weighted by atomic mass is 16.4. The van der Waals surface area contributed by atoms with Crippen LogP contribution in [0, 0.1) is 12.3 Å². The number of hydrogen-bond donors (Lipinski definition) is 2. The molecule has 0 saturated heterocycles. The molecule has 0 bridgehead atoms. The summed E-state index contributed by atoms with van der Waals surface area (Å²) in [7, 11) is 1.62. The Morgan fingerprint density at radius 2 is 2.19 bits per heavy atom. The SMILES string of the molecule is C#CCC(NC(=O)N(C)CCCC)C(=O)O. The van der Waals surface area contributed by atoms with Crippen LogP contribution in [0.25, 0.3) is 0 Å². The van der Waals surface area contributed by atoms with E-state index in [2.05, 4.69) is 11.2 Å². The Balaban J connectivity index is 4.18. The average Bonchev–Trinajstić information content (AvgIpc) is 2.24. The molecule has 16 heavy (non-hydrogen) atoms. The van der Waals surface area contributed by atoms with Crippen molar-refractivity contribution in [2.75, 3.05) is 13.6 Å². The van der Waals surface area contributed by atoms with Crippen LogP contribution in [0.15, 0.2) is 0 Å². The molecular formula is C11H18N2O3. The highest BCUT2D eigenvalue weighted by molar-refractivity contribution is 5.82. The predicted molar refractivity (Wildman–Crippen MR) is 60.9 cm³/mol. The van der Waals surface area contributed by atoms with Gasteiger partial charge in [-0.05, 0) is 6.42 Å². The molecule has 0 aliphatic heterocycles. The molecule has 0 rings (SSSR count). The lowest BCUT2D eigenvalue weighted by Gasteiger charge is -2.20. The van der Waals surface area contributed by atoms with Crippen molar-refractivity contribution >= 4 is 12.0 Å². The predicted octanol–water partition coefficient (Wildman–Crippen LogP) is 0.904. The van der Waals surface area contributed by atoms with Crippen molar-refractivity contribution in [3.8, 4) is 12.3 Å². The largest absolute Gasteiger partial charge is 0.480 e. The van der Waals surface area contributed by atoms with Crippen LogP contribution in [0.3, 0.4) is 0 Å². The van der Waals surface area contributed by atoms with E-state index in [1.165, 1.54) is 4.90 Å². The Kier molecular flexibility index (Phi) is 6.77. The number of rotatable bonds is 6. The third kappa shape index (κ3) is 5.25. The summed E-state index contributed by atoms with van der Waals surface area (Å²) in [5.41, 5.74) is 0. The van der Waals surface area contributed by atoms with E-state index in [-0.39, 0.29) is 6.42 Å². The number of hydrogen-bond acceptors (Lipinski definition) is 2. The van der Waals surface area contributed by atoms with Gasteiger partial charge in [0.25, 0.3) is 0 Å². The number of carbonyl (C=O) groups is 2. The van der Waals surface area contributed by atoms with Gasteiger partial charge in [-0.15, -0.1) is 12.3 Å². The normalized spacial score (nSPS) is 11.3. The number of terminal acetylenes is 1. The molecule has 0 saturated carbocycles. The van der Waals surface area contributed by atoms with Crippen LogP contribution in [0.1, 0.15) is 26.2 Å². The third-order valence-electron chi connectivity index (χ3n) is 2.11. The highest BCUT2D eigenvalue weighted by Crippen LogP contribution is 1.96. The zero-order chi connectivity index (χ0) is 12.6. The fourth-order valence-electron chi connectivity index (χ4n) is 1.07. The summed E-state index contributed by atoms with van der Waals surface area (Å²) in [6.45, 7) is 2.62. The minimum Gasteiger partial charge on any atom is -0.480 e. The molecule has 0 spiro atoms. The topological polar surface area (TPSA) is 69.6 Å². The third-order valence-corrected chi connectivity index (χ3v) is 2.11. The smallest absolute Gasteiger partial charge is 0.327 e. The molecular weight excluding hydrogens is 208 g/mol. The number of nitrogens with zero attached hydrogens (tertiary/aromatic N) is 1. The Morgan fingerprint density at radius 1 is 1.56 bits per heavy atom. The lowest BCUT2D eigenvalue weighted by Crippen LogP contribution is -2.46. The van der Waals surface area contributed by atoms with Gasteiger partial charge in [0.2, 0.25) is 0 Å². The fraction of sp³-hybridized carbons (Fsp3) is 0.636. The van der Waals surface area contributed by atoms with E-state index in [4.69, 9.17) is 11.5 Å². The lowest BCUT2D eigenvalue weighted by molar-refractivity contribution is -0.139. The summed E-state index contributed by atoms with van der Waals surface area (Å²) in [5, 5.41) is 11.2. The second-order valence-corrected chi connectivity index (χ2v) is 3.52. The summed E-state index contributed by atoms with van der Waals surface area (Å²) < 4.78 is 0. The van der Waals surface area contributed by atoms with E-state index >= 15 is 0 Å².